The molecule has 114 valence electrons. The molecule has 1 aliphatic carbocycles. The lowest BCUT2D eigenvalue weighted by Gasteiger charge is -2.13. The summed E-state index contributed by atoms with van der Waals surface area (Å²) in [7, 11) is 0. The van der Waals surface area contributed by atoms with Gasteiger partial charge in [0.25, 0.3) is 5.91 Å². The second kappa shape index (κ2) is 6.45. The third-order valence-corrected chi connectivity index (χ3v) is 3.74. The van der Waals surface area contributed by atoms with Crippen LogP contribution < -0.4 is 10.5 Å². The molecule has 0 saturated heterocycles. The smallest absolute Gasteiger partial charge is 0.254 e. The van der Waals surface area contributed by atoms with Crippen LogP contribution in [-0.2, 0) is 6.54 Å². The fraction of sp³-hybridized carbons (Fsp3) is 0.400. The lowest BCUT2D eigenvalue weighted by molar-refractivity contribution is 0.0766. The predicted octanol–water partition coefficient (Wildman–Crippen LogP) is 2.42. The van der Waals surface area contributed by atoms with Crippen molar-refractivity contribution in [2.24, 2.45) is 5.73 Å². The van der Waals surface area contributed by atoms with Crippen molar-refractivity contribution in [2.75, 3.05) is 13.2 Å². The van der Waals surface area contributed by atoms with E-state index in [0.29, 0.717) is 30.2 Å². The zero-order valence-electron chi connectivity index (χ0n) is 11.5. The standard InChI is InChI=1S/C15H17FN2O2.ClH/c16-6-10(7-17)9-20-13-3-4-14-11(5-13)8-18(15(14)19)12-1-2-12;/h3-6,12H,1-2,7-9,17H2;1H/b10-6+;. The van der Waals surface area contributed by atoms with Crippen molar-refractivity contribution >= 4 is 18.3 Å². The summed E-state index contributed by atoms with van der Waals surface area (Å²) >= 11 is 0. The lowest BCUT2D eigenvalue weighted by atomic mass is 10.1. The van der Waals surface area contributed by atoms with Gasteiger partial charge in [-0.3, -0.25) is 4.79 Å². The Morgan fingerprint density at radius 1 is 1.48 bits per heavy atom. The van der Waals surface area contributed by atoms with E-state index in [9.17, 15) is 9.18 Å². The van der Waals surface area contributed by atoms with Crippen LogP contribution in [0.2, 0.25) is 0 Å². The Morgan fingerprint density at radius 3 is 2.86 bits per heavy atom. The molecule has 4 nitrogen and oxygen atoms in total. The van der Waals surface area contributed by atoms with Crippen LogP contribution in [0.15, 0.2) is 30.1 Å². The summed E-state index contributed by atoms with van der Waals surface area (Å²) in [6.45, 7) is 0.917. The Labute approximate surface area is 129 Å². The molecule has 0 bridgehead atoms. The minimum atomic E-state index is 0. The van der Waals surface area contributed by atoms with Crippen LogP contribution in [-0.4, -0.2) is 30.0 Å². The number of carbonyl (C=O) groups is 1. The SMILES string of the molecule is Cl.NC/C(=C\F)COc1ccc2c(c1)CN(C1CC1)C2=O. The van der Waals surface area contributed by atoms with Gasteiger partial charge < -0.3 is 15.4 Å². The zero-order chi connectivity index (χ0) is 14.1. The number of hydrogen-bond acceptors (Lipinski definition) is 3. The summed E-state index contributed by atoms with van der Waals surface area (Å²) in [6.07, 6.45) is 2.68. The molecule has 1 aliphatic heterocycles. The van der Waals surface area contributed by atoms with Crippen LogP contribution in [0.1, 0.15) is 28.8 Å². The number of nitrogens with two attached hydrogens (primary N) is 1. The molecule has 0 unspecified atom stereocenters. The molecule has 1 amide bonds. The van der Waals surface area contributed by atoms with E-state index < -0.39 is 0 Å². The monoisotopic (exact) mass is 312 g/mol. The van der Waals surface area contributed by atoms with E-state index in [1.54, 1.807) is 12.1 Å². The van der Waals surface area contributed by atoms with Gasteiger partial charge in [-0.1, -0.05) is 0 Å². The molecule has 2 aliphatic rings. The number of benzene rings is 1. The second-order valence-electron chi connectivity index (χ2n) is 5.24. The van der Waals surface area contributed by atoms with Crippen molar-refractivity contribution < 1.29 is 13.9 Å². The highest BCUT2D eigenvalue weighted by Gasteiger charge is 2.38. The Bertz CT molecular complexity index is 573. The maximum Gasteiger partial charge on any atom is 0.254 e. The van der Waals surface area contributed by atoms with Gasteiger partial charge in [-0.05, 0) is 36.6 Å². The number of halogens is 2. The van der Waals surface area contributed by atoms with Gasteiger partial charge in [0.05, 0.1) is 6.33 Å². The first-order valence-corrected chi connectivity index (χ1v) is 6.78. The van der Waals surface area contributed by atoms with Gasteiger partial charge in [0, 0.05) is 30.3 Å². The van der Waals surface area contributed by atoms with E-state index in [1.165, 1.54) is 0 Å². The number of hydrogen-bond donors (Lipinski definition) is 1. The molecule has 3 rings (SSSR count). The van der Waals surface area contributed by atoms with Gasteiger partial charge in [-0.25, -0.2) is 4.39 Å². The van der Waals surface area contributed by atoms with E-state index in [2.05, 4.69) is 0 Å². The number of ether oxygens (including phenoxy) is 1. The molecule has 1 fully saturated rings. The maximum absolute atomic E-state index is 12.4. The summed E-state index contributed by atoms with van der Waals surface area (Å²) in [4.78, 5) is 14.1. The maximum atomic E-state index is 12.4. The van der Waals surface area contributed by atoms with E-state index in [-0.39, 0.29) is 31.5 Å². The van der Waals surface area contributed by atoms with Gasteiger partial charge >= 0.3 is 0 Å². The highest BCUT2D eigenvalue weighted by molar-refractivity contribution is 5.98. The topological polar surface area (TPSA) is 55.6 Å². The Kier molecular flexibility index (Phi) is 4.85. The van der Waals surface area contributed by atoms with Gasteiger partial charge in [0.2, 0.25) is 0 Å². The first-order chi connectivity index (χ1) is 9.72. The highest BCUT2D eigenvalue weighted by Crippen LogP contribution is 2.35. The van der Waals surface area contributed by atoms with E-state index >= 15 is 0 Å². The van der Waals surface area contributed by atoms with Crippen molar-refractivity contribution in [3.05, 3.63) is 41.2 Å². The first-order valence-electron chi connectivity index (χ1n) is 6.78. The number of rotatable bonds is 5. The van der Waals surface area contributed by atoms with Crippen LogP contribution in [0.5, 0.6) is 5.75 Å². The molecule has 0 atom stereocenters. The summed E-state index contributed by atoms with van der Waals surface area (Å²) in [6, 6.07) is 5.82. The van der Waals surface area contributed by atoms with E-state index in [0.717, 1.165) is 24.0 Å². The van der Waals surface area contributed by atoms with Gasteiger partial charge in [0.15, 0.2) is 0 Å². The molecule has 0 aromatic heterocycles. The molecular formula is C15H18ClFN2O2. The molecule has 0 spiro atoms. The minimum absolute atomic E-state index is 0. The molecule has 1 heterocycles. The molecule has 2 N–H and O–H groups in total. The average molecular weight is 313 g/mol. The lowest BCUT2D eigenvalue weighted by Crippen LogP contribution is -2.25. The highest BCUT2D eigenvalue weighted by atomic mass is 35.5. The summed E-state index contributed by atoms with van der Waals surface area (Å²) < 4.78 is 17.9. The van der Waals surface area contributed by atoms with Gasteiger partial charge in [-0.15, -0.1) is 12.4 Å². The van der Waals surface area contributed by atoms with Crippen LogP contribution in [0, 0.1) is 0 Å². The van der Waals surface area contributed by atoms with Crippen LogP contribution in [0.25, 0.3) is 0 Å². The third-order valence-electron chi connectivity index (χ3n) is 3.74. The quantitative estimate of drug-likeness (QED) is 0.908. The predicted molar refractivity (Wildman–Crippen MR) is 80.3 cm³/mol. The van der Waals surface area contributed by atoms with Crippen molar-refractivity contribution in [2.45, 2.75) is 25.4 Å². The van der Waals surface area contributed by atoms with Gasteiger partial charge in [-0.2, -0.15) is 0 Å². The van der Waals surface area contributed by atoms with Crippen LogP contribution in [0.3, 0.4) is 0 Å². The summed E-state index contributed by atoms with van der Waals surface area (Å²) in [5.41, 5.74) is 7.52. The van der Waals surface area contributed by atoms with Crippen LogP contribution in [0.4, 0.5) is 4.39 Å². The van der Waals surface area contributed by atoms with E-state index in [4.69, 9.17) is 10.5 Å². The minimum Gasteiger partial charge on any atom is -0.489 e. The molecule has 1 aromatic rings. The number of carbonyl (C=O) groups excluding carboxylic acids is 1. The average Bonchev–Trinajstić information content (AvgIpc) is 3.25. The molecule has 21 heavy (non-hydrogen) atoms. The summed E-state index contributed by atoms with van der Waals surface area (Å²) in [5.74, 6) is 0.752. The molecule has 1 aromatic carbocycles. The Hall–Kier alpha value is -1.59. The summed E-state index contributed by atoms with van der Waals surface area (Å²) in [5, 5.41) is 0. The Morgan fingerprint density at radius 2 is 2.24 bits per heavy atom. The van der Waals surface area contributed by atoms with Crippen molar-refractivity contribution in [1.82, 2.24) is 4.90 Å². The normalized spacial score (nSPS) is 17.5. The molecular weight excluding hydrogens is 295 g/mol. The van der Waals surface area contributed by atoms with Crippen LogP contribution >= 0.6 is 12.4 Å². The fourth-order valence-corrected chi connectivity index (χ4v) is 2.40. The van der Waals surface area contributed by atoms with Crippen molar-refractivity contribution in [1.29, 1.82) is 0 Å². The second-order valence-corrected chi connectivity index (χ2v) is 5.24. The van der Waals surface area contributed by atoms with Crippen molar-refractivity contribution in [3.63, 3.8) is 0 Å². The van der Waals surface area contributed by atoms with Crippen molar-refractivity contribution in [3.8, 4) is 5.75 Å². The molecule has 6 heteroatoms. The first kappa shape index (κ1) is 15.8. The third kappa shape index (κ3) is 3.19. The zero-order valence-corrected chi connectivity index (χ0v) is 12.4. The molecule has 0 radical (unpaired) electrons. The Balaban J connectivity index is 0.00000161. The molecule has 1 saturated carbocycles. The largest absolute Gasteiger partial charge is 0.489 e. The van der Waals surface area contributed by atoms with E-state index in [1.807, 2.05) is 11.0 Å². The number of nitrogens with zero attached hydrogens (tertiary/aromatic N) is 1. The fourth-order valence-electron chi connectivity index (χ4n) is 2.40. The number of fused-ring (bicyclic) bond motifs is 1. The van der Waals surface area contributed by atoms with Gasteiger partial charge in [0.1, 0.15) is 12.4 Å². The number of amides is 1.